The van der Waals surface area contributed by atoms with Gasteiger partial charge in [0, 0.05) is 30.2 Å². The number of imidazole rings is 1. The predicted molar refractivity (Wildman–Crippen MR) is 99.9 cm³/mol. The molecule has 8 heteroatoms. The number of piperidine rings is 1. The highest BCUT2D eigenvalue weighted by atomic mass is 35.5. The summed E-state index contributed by atoms with van der Waals surface area (Å²) in [4.78, 5) is 6.34. The van der Waals surface area contributed by atoms with Crippen LogP contribution in [0.3, 0.4) is 0 Å². The van der Waals surface area contributed by atoms with Crippen molar-refractivity contribution in [1.82, 2.24) is 9.55 Å². The Hall–Kier alpha value is -2.25. The molecule has 3 aromatic rings. The highest BCUT2D eigenvalue weighted by Gasteiger charge is 2.29. The number of alkyl halides is 1. The number of halogens is 4. The van der Waals surface area contributed by atoms with Crippen LogP contribution in [-0.4, -0.2) is 34.9 Å². The zero-order valence-corrected chi connectivity index (χ0v) is 15.1. The second-order valence-corrected chi connectivity index (χ2v) is 7.17. The number of hydrogen-bond donors (Lipinski definition) is 1. The lowest BCUT2D eigenvalue weighted by Crippen LogP contribution is -2.50. The first-order chi connectivity index (χ1) is 12.9. The third-order valence-corrected chi connectivity index (χ3v) is 5.28. The molecule has 0 spiro atoms. The topological polar surface area (TPSA) is 47.1 Å². The van der Waals surface area contributed by atoms with Gasteiger partial charge in [-0.25, -0.2) is 18.2 Å². The largest absolute Gasteiger partial charge is 0.340 e. The van der Waals surface area contributed by atoms with E-state index in [1.807, 2.05) is 23.1 Å². The van der Waals surface area contributed by atoms with Gasteiger partial charge in [-0.15, -0.1) is 0 Å². The van der Waals surface area contributed by atoms with Gasteiger partial charge in [0.25, 0.3) is 0 Å². The minimum absolute atomic E-state index is 0.276. The summed E-state index contributed by atoms with van der Waals surface area (Å²) in [5.41, 5.74) is 7.46. The van der Waals surface area contributed by atoms with E-state index in [4.69, 9.17) is 17.3 Å². The Morgan fingerprint density at radius 1 is 1.19 bits per heavy atom. The highest BCUT2D eigenvalue weighted by molar-refractivity contribution is 6.31. The fraction of sp³-hybridized carbons (Fsp3) is 0.316. The van der Waals surface area contributed by atoms with Gasteiger partial charge in [-0.1, -0.05) is 29.8 Å². The van der Waals surface area contributed by atoms with Crippen LogP contribution in [0.2, 0.25) is 5.02 Å². The van der Waals surface area contributed by atoms with Gasteiger partial charge in [-0.3, -0.25) is 0 Å². The second-order valence-electron chi connectivity index (χ2n) is 6.76. The molecular formula is C19H18ClF3N4. The van der Waals surface area contributed by atoms with Crippen LogP contribution in [0.25, 0.3) is 11.0 Å². The van der Waals surface area contributed by atoms with Gasteiger partial charge in [-0.2, -0.15) is 0 Å². The van der Waals surface area contributed by atoms with Crippen LogP contribution in [0.15, 0.2) is 36.4 Å². The second kappa shape index (κ2) is 7.05. The molecule has 1 aromatic heterocycles. The van der Waals surface area contributed by atoms with Crippen LogP contribution >= 0.6 is 11.6 Å². The SMILES string of the molecule is NC1CN(c2nc3cc(F)c(F)cc3n2Cc2ccccc2Cl)CCC1F. The van der Waals surface area contributed by atoms with Crippen molar-refractivity contribution in [2.75, 3.05) is 18.0 Å². The molecule has 2 aromatic carbocycles. The molecule has 4 rings (SSSR count). The Morgan fingerprint density at radius 2 is 1.93 bits per heavy atom. The quantitative estimate of drug-likeness (QED) is 0.733. The van der Waals surface area contributed by atoms with Crippen molar-refractivity contribution >= 4 is 28.6 Å². The molecule has 1 fully saturated rings. The van der Waals surface area contributed by atoms with E-state index in [-0.39, 0.29) is 13.0 Å². The van der Waals surface area contributed by atoms with Crippen molar-refractivity contribution in [2.45, 2.75) is 25.2 Å². The van der Waals surface area contributed by atoms with Crippen molar-refractivity contribution in [2.24, 2.45) is 5.73 Å². The Kier molecular flexibility index (Phi) is 4.74. The molecular weight excluding hydrogens is 377 g/mol. The normalized spacial score (nSPS) is 20.4. The number of anilines is 1. The fourth-order valence-corrected chi connectivity index (χ4v) is 3.63. The average molecular weight is 395 g/mol. The first-order valence-electron chi connectivity index (χ1n) is 8.67. The van der Waals surface area contributed by atoms with Crippen molar-refractivity contribution in [3.05, 3.63) is 58.6 Å². The summed E-state index contributed by atoms with van der Waals surface area (Å²) in [6, 6.07) is 8.85. The van der Waals surface area contributed by atoms with Gasteiger partial charge in [0.2, 0.25) is 5.95 Å². The summed E-state index contributed by atoms with van der Waals surface area (Å²) >= 11 is 6.28. The molecule has 1 saturated heterocycles. The summed E-state index contributed by atoms with van der Waals surface area (Å²) in [6.45, 7) is 1.02. The van der Waals surface area contributed by atoms with Crippen molar-refractivity contribution in [3.8, 4) is 0 Å². The fourth-order valence-electron chi connectivity index (χ4n) is 3.44. The molecule has 4 nitrogen and oxygen atoms in total. The van der Waals surface area contributed by atoms with Gasteiger partial charge >= 0.3 is 0 Å². The number of nitrogens with two attached hydrogens (primary N) is 1. The van der Waals surface area contributed by atoms with Gasteiger partial charge < -0.3 is 15.2 Å². The molecule has 0 aliphatic carbocycles. The molecule has 142 valence electrons. The number of hydrogen-bond acceptors (Lipinski definition) is 3. The van der Waals surface area contributed by atoms with E-state index in [0.717, 1.165) is 17.7 Å². The summed E-state index contributed by atoms with van der Waals surface area (Å²) < 4.78 is 43.1. The first-order valence-corrected chi connectivity index (χ1v) is 9.05. The number of benzene rings is 2. The smallest absolute Gasteiger partial charge is 0.206 e. The first kappa shape index (κ1) is 18.1. The average Bonchev–Trinajstić information content (AvgIpc) is 2.97. The predicted octanol–water partition coefficient (Wildman–Crippen LogP) is 3.89. The van der Waals surface area contributed by atoms with Gasteiger partial charge in [0.15, 0.2) is 11.6 Å². The van der Waals surface area contributed by atoms with E-state index in [1.54, 1.807) is 10.6 Å². The van der Waals surface area contributed by atoms with Gasteiger partial charge in [-0.05, 0) is 18.1 Å². The van der Waals surface area contributed by atoms with Crippen LogP contribution in [0.1, 0.15) is 12.0 Å². The monoisotopic (exact) mass is 394 g/mol. The molecule has 0 radical (unpaired) electrons. The molecule has 2 unspecified atom stereocenters. The lowest BCUT2D eigenvalue weighted by atomic mass is 10.1. The highest BCUT2D eigenvalue weighted by Crippen LogP contribution is 2.29. The summed E-state index contributed by atoms with van der Waals surface area (Å²) in [5.74, 6) is -1.42. The number of fused-ring (bicyclic) bond motifs is 1. The zero-order valence-electron chi connectivity index (χ0n) is 14.4. The Bertz CT molecular complexity index is 990. The third kappa shape index (κ3) is 3.37. The van der Waals surface area contributed by atoms with Crippen molar-refractivity contribution in [3.63, 3.8) is 0 Å². The molecule has 0 amide bonds. The molecule has 1 aliphatic heterocycles. The van der Waals surface area contributed by atoms with Gasteiger partial charge in [0.05, 0.1) is 23.6 Å². The lowest BCUT2D eigenvalue weighted by Gasteiger charge is -2.34. The van der Waals surface area contributed by atoms with Crippen molar-refractivity contribution in [1.29, 1.82) is 0 Å². The molecule has 27 heavy (non-hydrogen) atoms. The standard InChI is InChI=1S/C19H18ClF3N4/c20-12-4-2-1-3-11(12)9-27-18-8-15(23)14(22)7-17(18)25-19(27)26-6-5-13(21)16(24)10-26/h1-4,7-8,13,16H,5-6,9-10,24H2. The summed E-state index contributed by atoms with van der Waals surface area (Å²) in [6.07, 6.45) is -0.795. The number of aromatic nitrogens is 2. The molecule has 2 heterocycles. The van der Waals surface area contributed by atoms with Crippen LogP contribution < -0.4 is 10.6 Å². The Labute approximate surface area is 159 Å². The molecule has 0 bridgehead atoms. The Morgan fingerprint density at radius 3 is 2.67 bits per heavy atom. The third-order valence-electron chi connectivity index (χ3n) is 4.91. The van der Waals surface area contributed by atoms with Crippen LogP contribution in [0.4, 0.5) is 19.1 Å². The Balaban J connectivity index is 1.83. The summed E-state index contributed by atoms with van der Waals surface area (Å²) in [7, 11) is 0. The van der Waals surface area contributed by atoms with Crippen molar-refractivity contribution < 1.29 is 13.2 Å². The summed E-state index contributed by atoms with van der Waals surface area (Å²) in [5, 5.41) is 0.562. The zero-order chi connectivity index (χ0) is 19.1. The van der Waals surface area contributed by atoms with E-state index in [0.29, 0.717) is 35.1 Å². The van der Waals surface area contributed by atoms with E-state index in [2.05, 4.69) is 4.98 Å². The maximum absolute atomic E-state index is 13.9. The van der Waals surface area contributed by atoms with E-state index >= 15 is 0 Å². The lowest BCUT2D eigenvalue weighted by molar-refractivity contribution is 0.243. The van der Waals surface area contributed by atoms with E-state index in [9.17, 15) is 13.2 Å². The molecule has 0 saturated carbocycles. The number of nitrogens with zero attached hydrogens (tertiary/aromatic N) is 3. The maximum Gasteiger partial charge on any atom is 0.206 e. The molecule has 1 aliphatic rings. The molecule has 2 N–H and O–H groups in total. The number of rotatable bonds is 3. The van der Waals surface area contributed by atoms with Crippen LogP contribution in [0, 0.1) is 11.6 Å². The molecule has 2 atom stereocenters. The maximum atomic E-state index is 13.9. The van der Waals surface area contributed by atoms with E-state index < -0.39 is 23.8 Å². The minimum atomic E-state index is -1.07. The van der Waals surface area contributed by atoms with Crippen LogP contribution in [-0.2, 0) is 6.54 Å². The van der Waals surface area contributed by atoms with Crippen LogP contribution in [0.5, 0.6) is 0 Å². The van der Waals surface area contributed by atoms with E-state index in [1.165, 1.54) is 0 Å². The minimum Gasteiger partial charge on any atom is -0.340 e. The van der Waals surface area contributed by atoms with Gasteiger partial charge in [0.1, 0.15) is 6.17 Å².